The van der Waals surface area contributed by atoms with Crippen molar-refractivity contribution in [2.45, 2.75) is 38.2 Å². The number of carbonyl (C=O) groups excluding carboxylic acids is 1. The van der Waals surface area contributed by atoms with Crippen molar-refractivity contribution in [1.82, 2.24) is 4.90 Å². The Morgan fingerprint density at radius 3 is 2.25 bits per heavy atom. The lowest BCUT2D eigenvalue weighted by atomic mass is 9.84. The molecule has 3 aromatic rings. The molecule has 0 atom stereocenters. The second-order valence-electron chi connectivity index (χ2n) is 8.75. The molecule has 0 unspecified atom stereocenters. The molecule has 1 fully saturated rings. The van der Waals surface area contributed by atoms with E-state index in [-0.39, 0.29) is 5.91 Å². The zero-order chi connectivity index (χ0) is 22.4. The first-order valence-corrected chi connectivity index (χ1v) is 11.4. The summed E-state index contributed by atoms with van der Waals surface area (Å²) in [6, 6.07) is 28.6. The highest BCUT2D eigenvalue weighted by Crippen LogP contribution is 2.33. The minimum absolute atomic E-state index is 0.0321. The van der Waals surface area contributed by atoms with Gasteiger partial charge < -0.3 is 10.0 Å². The van der Waals surface area contributed by atoms with Crippen molar-refractivity contribution < 1.29 is 9.90 Å². The van der Waals surface area contributed by atoms with E-state index in [1.54, 1.807) is 0 Å². The molecular weight excluding hydrogens is 394 g/mol. The molecule has 1 aliphatic heterocycles. The predicted molar refractivity (Wildman–Crippen MR) is 130 cm³/mol. The maximum Gasteiger partial charge on any atom is 0.246 e. The average molecular weight is 426 g/mol. The van der Waals surface area contributed by atoms with Gasteiger partial charge in [0.25, 0.3) is 0 Å². The van der Waals surface area contributed by atoms with E-state index >= 15 is 0 Å². The number of benzene rings is 3. The van der Waals surface area contributed by atoms with Crippen LogP contribution >= 0.6 is 0 Å². The summed E-state index contributed by atoms with van der Waals surface area (Å²) in [6.45, 7) is 3.19. The van der Waals surface area contributed by atoms with Crippen LogP contribution < -0.4 is 0 Å². The van der Waals surface area contributed by atoms with Gasteiger partial charge in [0.15, 0.2) is 0 Å². The summed E-state index contributed by atoms with van der Waals surface area (Å²) in [5.41, 5.74) is 4.70. The van der Waals surface area contributed by atoms with Crippen molar-refractivity contribution in [3.8, 4) is 0 Å². The summed E-state index contributed by atoms with van der Waals surface area (Å²) >= 11 is 0. The van der Waals surface area contributed by atoms with E-state index in [4.69, 9.17) is 0 Å². The monoisotopic (exact) mass is 425 g/mol. The molecule has 0 aromatic heterocycles. The van der Waals surface area contributed by atoms with Crippen LogP contribution in [-0.4, -0.2) is 29.0 Å². The van der Waals surface area contributed by atoms with E-state index in [1.807, 2.05) is 53.4 Å². The van der Waals surface area contributed by atoms with Crippen LogP contribution in [0, 0.1) is 6.92 Å². The Morgan fingerprint density at radius 1 is 0.938 bits per heavy atom. The molecule has 32 heavy (non-hydrogen) atoms. The minimum atomic E-state index is -0.853. The number of likely N-dealkylation sites (tertiary alicyclic amines) is 1. The van der Waals surface area contributed by atoms with E-state index in [1.165, 1.54) is 11.1 Å². The lowest BCUT2D eigenvalue weighted by Gasteiger charge is -2.38. The van der Waals surface area contributed by atoms with E-state index < -0.39 is 5.60 Å². The SMILES string of the molecule is Cc1cccc(/C(=C\C(=O)N2CCC(O)(c3ccccc3)CC2)CCc2ccccc2)c1. The first-order chi connectivity index (χ1) is 15.5. The molecule has 164 valence electrons. The third-order valence-corrected chi connectivity index (χ3v) is 6.43. The van der Waals surface area contributed by atoms with Crippen molar-refractivity contribution in [2.24, 2.45) is 0 Å². The van der Waals surface area contributed by atoms with Gasteiger partial charge in [0.1, 0.15) is 0 Å². The van der Waals surface area contributed by atoms with Crippen LogP contribution in [0.3, 0.4) is 0 Å². The van der Waals surface area contributed by atoms with Crippen LogP contribution in [0.2, 0.25) is 0 Å². The quantitative estimate of drug-likeness (QED) is 0.528. The number of hydrogen-bond acceptors (Lipinski definition) is 2. The molecule has 0 spiro atoms. The molecule has 1 saturated heterocycles. The Labute approximate surface area is 191 Å². The van der Waals surface area contributed by atoms with Gasteiger partial charge in [0, 0.05) is 19.2 Å². The van der Waals surface area contributed by atoms with Crippen molar-refractivity contribution in [2.75, 3.05) is 13.1 Å². The van der Waals surface area contributed by atoms with Gasteiger partial charge in [-0.3, -0.25) is 4.79 Å². The molecule has 1 heterocycles. The fraction of sp³-hybridized carbons (Fsp3) is 0.276. The van der Waals surface area contributed by atoms with Gasteiger partial charge in [-0.1, -0.05) is 90.5 Å². The lowest BCUT2D eigenvalue weighted by Crippen LogP contribution is -2.44. The Bertz CT molecular complexity index is 1060. The number of aliphatic hydroxyl groups is 1. The van der Waals surface area contributed by atoms with Crippen molar-refractivity contribution in [3.05, 3.63) is 113 Å². The molecular formula is C29H31NO2. The van der Waals surface area contributed by atoms with Crippen LogP contribution in [0.25, 0.3) is 5.57 Å². The van der Waals surface area contributed by atoms with E-state index in [0.29, 0.717) is 25.9 Å². The van der Waals surface area contributed by atoms with E-state index in [9.17, 15) is 9.90 Å². The number of piperidine rings is 1. The first-order valence-electron chi connectivity index (χ1n) is 11.4. The van der Waals surface area contributed by atoms with Crippen LogP contribution in [0.4, 0.5) is 0 Å². The molecule has 3 heteroatoms. The van der Waals surface area contributed by atoms with Crippen molar-refractivity contribution in [3.63, 3.8) is 0 Å². The number of amides is 1. The number of rotatable bonds is 6. The van der Waals surface area contributed by atoms with Crippen molar-refractivity contribution >= 4 is 11.5 Å². The maximum atomic E-state index is 13.2. The zero-order valence-electron chi connectivity index (χ0n) is 18.7. The highest BCUT2D eigenvalue weighted by molar-refractivity contribution is 5.95. The fourth-order valence-electron chi connectivity index (χ4n) is 4.44. The van der Waals surface area contributed by atoms with Gasteiger partial charge in [-0.2, -0.15) is 0 Å². The van der Waals surface area contributed by atoms with Gasteiger partial charge in [0.2, 0.25) is 5.91 Å². The normalized spacial score (nSPS) is 16.1. The molecule has 0 saturated carbocycles. The molecule has 1 N–H and O–H groups in total. The average Bonchev–Trinajstić information content (AvgIpc) is 2.83. The first kappa shape index (κ1) is 22.0. The minimum Gasteiger partial charge on any atom is -0.385 e. The fourth-order valence-corrected chi connectivity index (χ4v) is 4.44. The third kappa shape index (κ3) is 5.35. The number of nitrogens with zero attached hydrogens (tertiary/aromatic N) is 1. The van der Waals surface area contributed by atoms with Crippen LogP contribution in [0.15, 0.2) is 91.0 Å². The topological polar surface area (TPSA) is 40.5 Å². The van der Waals surface area contributed by atoms with E-state index in [0.717, 1.165) is 29.5 Å². The van der Waals surface area contributed by atoms with Gasteiger partial charge in [-0.15, -0.1) is 0 Å². The Balaban J connectivity index is 1.49. The largest absolute Gasteiger partial charge is 0.385 e. The number of hydrogen-bond donors (Lipinski definition) is 1. The molecule has 0 bridgehead atoms. The Morgan fingerprint density at radius 2 is 1.59 bits per heavy atom. The van der Waals surface area contributed by atoms with Gasteiger partial charge in [-0.25, -0.2) is 0 Å². The standard InChI is InChI=1S/C29H31NO2/c1-23-9-8-12-25(21-23)26(16-15-24-10-4-2-5-11-24)22-28(31)30-19-17-29(32,18-20-30)27-13-6-3-7-14-27/h2-14,21-22,32H,15-20H2,1H3/b26-22-. The third-order valence-electron chi connectivity index (χ3n) is 6.43. The van der Waals surface area contributed by atoms with Gasteiger partial charge >= 0.3 is 0 Å². The summed E-state index contributed by atoms with van der Waals surface area (Å²) in [7, 11) is 0. The lowest BCUT2D eigenvalue weighted by molar-refractivity contribution is -0.130. The number of aryl methyl sites for hydroxylation is 2. The summed E-state index contributed by atoms with van der Waals surface area (Å²) in [6.07, 6.45) is 4.62. The Hall–Kier alpha value is -3.17. The molecule has 1 amide bonds. The van der Waals surface area contributed by atoms with Gasteiger partial charge in [-0.05, 0) is 54.9 Å². The predicted octanol–water partition coefficient (Wildman–Crippen LogP) is 5.52. The summed E-state index contributed by atoms with van der Waals surface area (Å²) in [4.78, 5) is 15.1. The molecule has 1 aliphatic rings. The molecule has 3 aromatic carbocycles. The van der Waals surface area contributed by atoms with Crippen LogP contribution in [0.5, 0.6) is 0 Å². The van der Waals surface area contributed by atoms with Crippen molar-refractivity contribution in [1.29, 1.82) is 0 Å². The molecule has 0 aliphatic carbocycles. The smallest absolute Gasteiger partial charge is 0.246 e. The Kier molecular flexibility index (Phi) is 6.87. The maximum absolute atomic E-state index is 13.2. The number of carbonyl (C=O) groups is 1. The summed E-state index contributed by atoms with van der Waals surface area (Å²) in [5.74, 6) is 0.0321. The molecule has 4 rings (SSSR count). The van der Waals surface area contributed by atoms with E-state index in [2.05, 4.69) is 49.4 Å². The summed E-state index contributed by atoms with van der Waals surface area (Å²) in [5, 5.41) is 11.1. The second-order valence-corrected chi connectivity index (χ2v) is 8.75. The highest BCUT2D eigenvalue weighted by atomic mass is 16.3. The second kappa shape index (κ2) is 9.97. The highest BCUT2D eigenvalue weighted by Gasteiger charge is 2.34. The van der Waals surface area contributed by atoms with Gasteiger partial charge in [0.05, 0.1) is 5.60 Å². The summed E-state index contributed by atoms with van der Waals surface area (Å²) < 4.78 is 0. The molecule has 3 nitrogen and oxygen atoms in total. The molecule has 0 radical (unpaired) electrons. The van der Waals surface area contributed by atoms with Crippen LogP contribution in [0.1, 0.15) is 41.5 Å². The van der Waals surface area contributed by atoms with Crippen LogP contribution in [-0.2, 0) is 16.8 Å². The zero-order valence-corrected chi connectivity index (χ0v) is 18.7. The number of allylic oxidation sites excluding steroid dienone is 1.